The predicted molar refractivity (Wildman–Crippen MR) is 182 cm³/mol. The minimum atomic E-state index is -0.948. The normalized spacial score (nSPS) is 13.8. The van der Waals surface area contributed by atoms with Gasteiger partial charge in [-0.3, -0.25) is 0 Å². The molecule has 0 aliphatic rings. The molecule has 6 heteroatoms. The number of ether oxygens (including phenoxy) is 5. The van der Waals surface area contributed by atoms with Gasteiger partial charge in [0.2, 0.25) is 0 Å². The lowest BCUT2D eigenvalue weighted by Gasteiger charge is -2.36. The van der Waals surface area contributed by atoms with E-state index in [2.05, 4.69) is 0 Å². The smallest absolute Gasteiger partial charge is 0.151 e. The molecule has 0 saturated carbocycles. The third kappa shape index (κ3) is 11.4. The first kappa shape index (κ1) is 33.9. The topological polar surface area (TPSA) is 63.2 Å². The zero-order valence-corrected chi connectivity index (χ0v) is 26.5. The Morgan fingerprint density at radius 2 is 0.745 bits per heavy atom. The molecular weight excluding hydrogens is 588 g/mol. The van der Waals surface area contributed by atoms with E-state index in [1.807, 2.05) is 152 Å². The third-order valence-corrected chi connectivity index (χ3v) is 7.70. The van der Waals surface area contributed by atoms with E-state index in [0.717, 1.165) is 34.1 Å². The van der Waals surface area contributed by atoms with Gasteiger partial charge in [-0.25, -0.2) is 0 Å². The lowest BCUT2D eigenvalue weighted by molar-refractivity contribution is -0.197. The molecule has 0 spiro atoms. The van der Waals surface area contributed by atoms with Gasteiger partial charge in [0, 0.05) is 0 Å². The standard InChI is InChI=1S/C41H42O6/c42-26-38(44-28-34-18-8-2-9-19-34)40(46-30-36-22-12-4-13-23-36)41(47-31-37-24-14-5-15-25-37)39(45-29-35-20-10-3-11-21-35)32-43-27-33-16-6-1-7-17-33/h1-26,38-41H,27-32H2/t38-,39+,40+,41+/m0/s1. The lowest BCUT2D eigenvalue weighted by atomic mass is 10.0. The zero-order chi connectivity index (χ0) is 32.4. The van der Waals surface area contributed by atoms with Crippen LogP contribution in [0.1, 0.15) is 27.8 Å². The number of hydrogen-bond donors (Lipinski definition) is 0. The SMILES string of the molecule is O=C[C@H](OCc1ccccc1)[C@@H](OCc1ccccc1)[C@H](OCc1ccccc1)[C@@H](COCc1ccccc1)OCc1ccccc1. The van der Waals surface area contributed by atoms with Crippen molar-refractivity contribution in [2.24, 2.45) is 0 Å². The Hall–Kier alpha value is -4.43. The molecule has 0 bridgehead atoms. The van der Waals surface area contributed by atoms with Gasteiger partial charge in [0.05, 0.1) is 39.6 Å². The highest BCUT2D eigenvalue weighted by atomic mass is 16.6. The molecule has 0 aromatic heterocycles. The monoisotopic (exact) mass is 630 g/mol. The summed E-state index contributed by atoms with van der Waals surface area (Å²) in [6.45, 7) is 1.70. The summed E-state index contributed by atoms with van der Waals surface area (Å²) in [5.41, 5.74) is 4.96. The van der Waals surface area contributed by atoms with E-state index in [1.165, 1.54) is 0 Å². The quantitative estimate of drug-likeness (QED) is 0.0820. The second kappa shape index (κ2) is 19.3. The summed E-state index contributed by atoms with van der Waals surface area (Å²) in [4.78, 5) is 12.8. The van der Waals surface area contributed by atoms with E-state index in [9.17, 15) is 4.79 Å². The molecule has 242 valence electrons. The van der Waals surface area contributed by atoms with Crippen LogP contribution in [-0.2, 0) is 61.5 Å². The maximum absolute atomic E-state index is 12.8. The van der Waals surface area contributed by atoms with E-state index < -0.39 is 24.4 Å². The van der Waals surface area contributed by atoms with E-state index in [0.29, 0.717) is 13.2 Å². The summed E-state index contributed by atoms with van der Waals surface area (Å²) in [5.74, 6) is 0. The predicted octanol–water partition coefficient (Wildman–Crippen LogP) is 7.74. The van der Waals surface area contributed by atoms with Crippen LogP contribution in [0.2, 0.25) is 0 Å². The molecule has 47 heavy (non-hydrogen) atoms. The first-order valence-electron chi connectivity index (χ1n) is 16.0. The van der Waals surface area contributed by atoms with Crippen LogP contribution < -0.4 is 0 Å². The Kier molecular flexibility index (Phi) is 13.9. The number of rotatable bonds is 20. The van der Waals surface area contributed by atoms with Crippen LogP contribution in [0.4, 0.5) is 0 Å². The average Bonchev–Trinajstić information content (AvgIpc) is 3.14. The minimum Gasteiger partial charge on any atom is -0.374 e. The van der Waals surface area contributed by atoms with Crippen molar-refractivity contribution in [2.45, 2.75) is 57.5 Å². The first-order chi connectivity index (χ1) is 23.3. The molecule has 0 unspecified atom stereocenters. The van der Waals surface area contributed by atoms with Crippen LogP contribution in [0.3, 0.4) is 0 Å². The number of carbonyl (C=O) groups excluding carboxylic acids is 1. The highest BCUT2D eigenvalue weighted by Gasteiger charge is 2.39. The van der Waals surface area contributed by atoms with Crippen LogP contribution in [0.15, 0.2) is 152 Å². The molecule has 0 saturated heterocycles. The third-order valence-electron chi connectivity index (χ3n) is 7.70. The largest absolute Gasteiger partial charge is 0.374 e. The lowest BCUT2D eigenvalue weighted by Crippen LogP contribution is -2.51. The van der Waals surface area contributed by atoms with E-state index in [-0.39, 0.29) is 26.4 Å². The summed E-state index contributed by atoms with van der Waals surface area (Å²) in [6.07, 6.45) is -2.30. The van der Waals surface area contributed by atoms with Gasteiger partial charge in [0.25, 0.3) is 0 Å². The van der Waals surface area contributed by atoms with Crippen LogP contribution >= 0.6 is 0 Å². The fourth-order valence-electron chi connectivity index (χ4n) is 5.18. The molecule has 0 aliphatic carbocycles. The Labute approximate surface area is 277 Å². The Balaban J connectivity index is 1.45. The Morgan fingerprint density at radius 1 is 0.404 bits per heavy atom. The van der Waals surface area contributed by atoms with Crippen LogP contribution in [0.5, 0.6) is 0 Å². The second-order valence-corrected chi connectivity index (χ2v) is 11.3. The van der Waals surface area contributed by atoms with Crippen molar-refractivity contribution in [3.8, 4) is 0 Å². The molecule has 4 atom stereocenters. The van der Waals surface area contributed by atoms with Crippen LogP contribution in [0.25, 0.3) is 0 Å². The minimum absolute atomic E-state index is 0.205. The van der Waals surface area contributed by atoms with Gasteiger partial charge >= 0.3 is 0 Å². The zero-order valence-electron chi connectivity index (χ0n) is 26.5. The molecule has 6 nitrogen and oxygen atoms in total. The maximum atomic E-state index is 12.8. The van der Waals surface area contributed by atoms with Crippen molar-refractivity contribution in [3.63, 3.8) is 0 Å². The Morgan fingerprint density at radius 3 is 1.15 bits per heavy atom. The molecule has 5 rings (SSSR count). The molecule has 5 aromatic rings. The maximum Gasteiger partial charge on any atom is 0.151 e. The number of carbonyl (C=O) groups is 1. The average molecular weight is 631 g/mol. The summed E-state index contributed by atoms with van der Waals surface area (Å²) in [7, 11) is 0. The van der Waals surface area contributed by atoms with Gasteiger partial charge in [0.1, 0.15) is 24.4 Å². The molecule has 0 radical (unpaired) electrons. The second-order valence-electron chi connectivity index (χ2n) is 11.3. The highest BCUT2D eigenvalue weighted by molar-refractivity contribution is 5.57. The van der Waals surface area contributed by atoms with Crippen molar-refractivity contribution in [2.75, 3.05) is 6.61 Å². The van der Waals surface area contributed by atoms with Crippen LogP contribution in [-0.4, -0.2) is 37.3 Å². The number of aldehydes is 1. The fraction of sp³-hybridized carbons (Fsp3) is 0.244. The van der Waals surface area contributed by atoms with Crippen LogP contribution in [0, 0.1) is 0 Å². The molecule has 0 N–H and O–H groups in total. The highest BCUT2D eigenvalue weighted by Crippen LogP contribution is 2.23. The van der Waals surface area contributed by atoms with Gasteiger partial charge in [-0.2, -0.15) is 0 Å². The molecule has 0 amide bonds. The van der Waals surface area contributed by atoms with Gasteiger partial charge in [-0.15, -0.1) is 0 Å². The van der Waals surface area contributed by atoms with Crippen molar-refractivity contribution in [1.29, 1.82) is 0 Å². The molecule has 0 heterocycles. The molecule has 0 aliphatic heterocycles. The van der Waals surface area contributed by atoms with Gasteiger partial charge in [0.15, 0.2) is 6.29 Å². The number of benzene rings is 5. The van der Waals surface area contributed by atoms with Gasteiger partial charge < -0.3 is 28.5 Å². The van der Waals surface area contributed by atoms with E-state index in [1.54, 1.807) is 0 Å². The van der Waals surface area contributed by atoms with E-state index >= 15 is 0 Å². The fourth-order valence-corrected chi connectivity index (χ4v) is 5.18. The molecule has 0 fully saturated rings. The molecular formula is C41H42O6. The number of hydrogen-bond acceptors (Lipinski definition) is 6. The van der Waals surface area contributed by atoms with Crippen molar-refractivity contribution in [1.82, 2.24) is 0 Å². The van der Waals surface area contributed by atoms with Gasteiger partial charge in [-0.05, 0) is 27.8 Å². The summed E-state index contributed by atoms with van der Waals surface area (Å²) >= 11 is 0. The van der Waals surface area contributed by atoms with Crippen molar-refractivity contribution >= 4 is 6.29 Å². The first-order valence-corrected chi connectivity index (χ1v) is 16.0. The Bertz CT molecular complexity index is 1530. The molecule has 5 aromatic carbocycles. The summed E-state index contributed by atoms with van der Waals surface area (Å²) < 4.78 is 32.5. The summed E-state index contributed by atoms with van der Waals surface area (Å²) in [5, 5.41) is 0. The van der Waals surface area contributed by atoms with Gasteiger partial charge in [-0.1, -0.05) is 152 Å². The van der Waals surface area contributed by atoms with Crippen molar-refractivity contribution in [3.05, 3.63) is 179 Å². The van der Waals surface area contributed by atoms with E-state index in [4.69, 9.17) is 23.7 Å². The summed E-state index contributed by atoms with van der Waals surface area (Å²) in [6, 6.07) is 49.5. The van der Waals surface area contributed by atoms with Crippen molar-refractivity contribution < 1.29 is 28.5 Å².